The molecule has 2 fully saturated rings. The molecule has 0 spiro atoms. The minimum absolute atomic E-state index is 0.101. The zero-order valence-electron chi connectivity index (χ0n) is 9.78. The molecule has 1 saturated carbocycles. The van der Waals surface area contributed by atoms with E-state index >= 15 is 0 Å². The molecule has 16 heavy (non-hydrogen) atoms. The molecule has 4 heteroatoms. The van der Waals surface area contributed by atoms with Gasteiger partial charge in [0.15, 0.2) is 0 Å². The molecule has 4 nitrogen and oxygen atoms in total. The van der Waals surface area contributed by atoms with Crippen molar-refractivity contribution in [2.45, 2.75) is 32.6 Å². The third kappa shape index (κ3) is 2.54. The average Bonchev–Trinajstić information content (AvgIpc) is 3.12. The number of piperidine rings is 1. The predicted octanol–water partition coefficient (Wildman–Crippen LogP) is 1.20. The monoisotopic (exact) mass is 225 g/mol. The first-order chi connectivity index (χ1) is 7.72. The summed E-state index contributed by atoms with van der Waals surface area (Å²) >= 11 is 0. The van der Waals surface area contributed by atoms with E-state index in [-0.39, 0.29) is 23.7 Å². The van der Waals surface area contributed by atoms with Gasteiger partial charge in [-0.3, -0.25) is 9.59 Å². The van der Waals surface area contributed by atoms with Gasteiger partial charge in [-0.05, 0) is 32.6 Å². The van der Waals surface area contributed by atoms with Crippen molar-refractivity contribution in [1.29, 1.82) is 0 Å². The first-order valence-corrected chi connectivity index (χ1v) is 6.17. The molecular formula is C12H19NO3. The number of hydrogen-bond acceptors (Lipinski definition) is 3. The summed E-state index contributed by atoms with van der Waals surface area (Å²) in [6.07, 6.45) is 3.83. The van der Waals surface area contributed by atoms with Gasteiger partial charge < -0.3 is 9.64 Å². The summed E-state index contributed by atoms with van der Waals surface area (Å²) in [7, 11) is 0. The minimum Gasteiger partial charge on any atom is -0.466 e. The Hall–Kier alpha value is -1.06. The Bertz CT molecular complexity index is 286. The van der Waals surface area contributed by atoms with Crippen LogP contribution in [0.3, 0.4) is 0 Å². The van der Waals surface area contributed by atoms with E-state index < -0.39 is 0 Å². The maximum Gasteiger partial charge on any atom is 0.310 e. The van der Waals surface area contributed by atoms with Gasteiger partial charge in [-0.15, -0.1) is 0 Å². The van der Waals surface area contributed by atoms with Gasteiger partial charge in [0.2, 0.25) is 5.91 Å². The Morgan fingerprint density at radius 2 is 2.00 bits per heavy atom. The van der Waals surface area contributed by atoms with E-state index in [4.69, 9.17) is 4.74 Å². The predicted molar refractivity (Wildman–Crippen MR) is 58.7 cm³/mol. The molecule has 90 valence electrons. The standard InChI is InChI=1S/C12H19NO3/c1-2-16-12(15)10-4-3-7-13(8-10)11(14)9-5-6-9/h9-10H,2-8H2,1H3/t10-/m0/s1. The third-order valence-electron chi connectivity index (χ3n) is 3.28. The highest BCUT2D eigenvalue weighted by Crippen LogP contribution is 2.32. The molecule has 1 heterocycles. The Kier molecular flexibility index (Phi) is 3.46. The molecule has 0 N–H and O–H groups in total. The molecule has 2 aliphatic rings. The van der Waals surface area contributed by atoms with Gasteiger partial charge >= 0.3 is 5.97 Å². The molecule has 0 aromatic carbocycles. The molecule has 1 aliphatic heterocycles. The summed E-state index contributed by atoms with van der Waals surface area (Å²) < 4.78 is 5.01. The molecule has 1 atom stereocenters. The number of nitrogens with zero attached hydrogens (tertiary/aromatic N) is 1. The van der Waals surface area contributed by atoms with E-state index in [1.54, 1.807) is 0 Å². The van der Waals surface area contributed by atoms with Crippen molar-refractivity contribution in [2.24, 2.45) is 11.8 Å². The number of likely N-dealkylation sites (tertiary alicyclic amines) is 1. The Morgan fingerprint density at radius 1 is 1.25 bits per heavy atom. The van der Waals surface area contributed by atoms with Crippen LogP contribution in [0.15, 0.2) is 0 Å². The first-order valence-electron chi connectivity index (χ1n) is 6.17. The molecule has 2 rings (SSSR count). The molecule has 1 amide bonds. The number of carbonyl (C=O) groups is 2. The topological polar surface area (TPSA) is 46.6 Å². The number of hydrogen-bond donors (Lipinski definition) is 0. The largest absolute Gasteiger partial charge is 0.466 e. The molecule has 0 unspecified atom stereocenters. The Labute approximate surface area is 95.9 Å². The van der Waals surface area contributed by atoms with Crippen LogP contribution in [0.5, 0.6) is 0 Å². The van der Waals surface area contributed by atoms with Crippen molar-refractivity contribution in [3.8, 4) is 0 Å². The summed E-state index contributed by atoms with van der Waals surface area (Å²) in [6, 6.07) is 0. The second-order valence-corrected chi connectivity index (χ2v) is 4.65. The van der Waals surface area contributed by atoms with Gasteiger partial charge in [0, 0.05) is 19.0 Å². The van der Waals surface area contributed by atoms with Crippen LogP contribution in [0.1, 0.15) is 32.6 Å². The molecule has 1 saturated heterocycles. The smallest absolute Gasteiger partial charge is 0.310 e. The van der Waals surface area contributed by atoms with E-state index in [2.05, 4.69) is 0 Å². The number of ether oxygens (including phenoxy) is 1. The van der Waals surface area contributed by atoms with Crippen LogP contribution >= 0.6 is 0 Å². The molecule has 0 aromatic heterocycles. The lowest BCUT2D eigenvalue weighted by Gasteiger charge is -2.31. The van der Waals surface area contributed by atoms with Gasteiger partial charge in [-0.2, -0.15) is 0 Å². The lowest BCUT2D eigenvalue weighted by molar-refractivity contribution is -0.151. The quantitative estimate of drug-likeness (QED) is 0.678. The van der Waals surface area contributed by atoms with Crippen LogP contribution < -0.4 is 0 Å². The highest BCUT2D eigenvalue weighted by molar-refractivity contribution is 5.82. The van der Waals surface area contributed by atoms with Gasteiger partial charge in [-0.25, -0.2) is 0 Å². The second kappa shape index (κ2) is 4.85. The van der Waals surface area contributed by atoms with Crippen molar-refractivity contribution in [2.75, 3.05) is 19.7 Å². The molecular weight excluding hydrogens is 206 g/mol. The summed E-state index contributed by atoms with van der Waals surface area (Å²) in [4.78, 5) is 25.3. The Morgan fingerprint density at radius 3 is 2.62 bits per heavy atom. The summed E-state index contributed by atoms with van der Waals surface area (Å²) in [5, 5.41) is 0. The summed E-state index contributed by atoms with van der Waals surface area (Å²) in [5.74, 6) is 0.252. The number of amides is 1. The van der Waals surface area contributed by atoms with E-state index in [0.717, 1.165) is 32.2 Å². The van der Waals surface area contributed by atoms with Gasteiger partial charge in [0.25, 0.3) is 0 Å². The third-order valence-corrected chi connectivity index (χ3v) is 3.28. The zero-order chi connectivity index (χ0) is 11.5. The fourth-order valence-corrected chi connectivity index (χ4v) is 2.22. The Balaban J connectivity index is 1.87. The summed E-state index contributed by atoms with van der Waals surface area (Å²) in [5.41, 5.74) is 0. The normalized spacial score (nSPS) is 25.3. The van der Waals surface area contributed by atoms with Crippen LogP contribution in [0.4, 0.5) is 0 Å². The van der Waals surface area contributed by atoms with Crippen molar-refractivity contribution >= 4 is 11.9 Å². The van der Waals surface area contributed by atoms with Crippen molar-refractivity contribution < 1.29 is 14.3 Å². The van der Waals surface area contributed by atoms with Gasteiger partial charge in [-0.1, -0.05) is 0 Å². The van der Waals surface area contributed by atoms with E-state index in [0.29, 0.717) is 13.2 Å². The van der Waals surface area contributed by atoms with Crippen LogP contribution in [0.2, 0.25) is 0 Å². The van der Waals surface area contributed by atoms with Crippen molar-refractivity contribution in [3.05, 3.63) is 0 Å². The molecule has 0 radical (unpaired) electrons. The van der Waals surface area contributed by atoms with E-state index in [9.17, 15) is 9.59 Å². The van der Waals surface area contributed by atoms with Crippen molar-refractivity contribution in [3.63, 3.8) is 0 Å². The fraction of sp³-hybridized carbons (Fsp3) is 0.833. The number of esters is 1. The number of rotatable bonds is 3. The first kappa shape index (κ1) is 11.4. The maximum atomic E-state index is 11.9. The lowest BCUT2D eigenvalue weighted by Crippen LogP contribution is -2.43. The van der Waals surface area contributed by atoms with Crippen molar-refractivity contribution in [1.82, 2.24) is 4.90 Å². The fourth-order valence-electron chi connectivity index (χ4n) is 2.22. The van der Waals surface area contributed by atoms with E-state index in [1.807, 2.05) is 11.8 Å². The molecule has 0 bridgehead atoms. The van der Waals surface area contributed by atoms with Gasteiger partial charge in [0.05, 0.1) is 12.5 Å². The number of carbonyl (C=O) groups excluding carboxylic acids is 2. The maximum absolute atomic E-state index is 11.9. The van der Waals surface area contributed by atoms with E-state index in [1.165, 1.54) is 0 Å². The van der Waals surface area contributed by atoms with Crippen LogP contribution in [0.25, 0.3) is 0 Å². The van der Waals surface area contributed by atoms with Gasteiger partial charge in [0.1, 0.15) is 0 Å². The molecule has 1 aliphatic carbocycles. The summed E-state index contributed by atoms with van der Waals surface area (Å²) in [6.45, 7) is 3.61. The highest BCUT2D eigenvalue weighted by Gasteiger charge is 2.36. The lowest BCUT2D eigenvalue weighted by atomic mass is 9.98. The van der Waals surface area contributed by atoms with Crippen LogP contribution in [-0.2, 0) is 14.3 Å². The average molecular weight is 225 g/mol. The second-order valence-electron chi connectivity index (χ2n) is 4.65. The van der Waals surface area contributed by atoms with Crippen LogP contribution in [-0.4, -0.2) is 36.5 Å². The minimum atomic E-state index is -0.143. The zero-order valence-corrected chi connectivity index (χ0v) is 9.78. The SMILES string of the molecule is CCOC(=O)[C@H]1CCCN(C(=O)C2CC2)C1. The highest BCUT2D eigenvalue weighted by atomic mass is 16.5. The molecule has 0 aromatic rings. The van der Waals surface area contributed by atoms with Crippen LogP contribution in [0, 0.1) is 11.8 Å².